The van der Waals surface area contributed by atoms with Crippen LogP contribution < -0.4 is 10.5 Å². The minimum Gasteiger partial charge on any atom is -0.497 e. The van der Waals surface area contributed by atoms with E-state index in [1.165, 1.54) is 12.8 Å². The minimum atomic E-state index is -0.0578. The summed E-state index contributed by atoms with van der Waals surface area (Å²) in [5.74, 6) is 1.49. The molecule has 94 valence electrons. The molecule has 0 bridgehead atoms. The van der Waals surface area contributed by atoms with Crippen LogP contribution in [0.25, 0.3) is 0 Å². The molecule has 2 atom stereocenters. The Balaban J connectivity index is 2.12. The molecule has 1 saturated carbocycles. The molecule has 1 aromatic carbocycles. The Kier molecular flexibility index (Phi) is 4.02. The maximum atomic E-state index is 6.31. The Morgan fingerprint density at radius 1 is 1.41 bits per heavy atom. The van der Waals surface area contributed by atoms with Gasteiger partial charge in [-0.15, -0.1) is 0 Å². The Labute approximate surface area is 103 Å². The van der Waals surface area contributed by atoms with Crippen molar-refractivity contribution in [1.29, 1.82) is 0 Å². The smallest absolute Gasteiger partial charge is 0.119 e. The van der Waals surface area contributed by atoms with Crippen molar-refractivity contribution >= 4 is 0 Å². The van der Waals surface area contributed by atoms with Gasteiger partial charge in [0.1, 0.15) is 5.75 Å². The molecule has 2 N–H and O–H groups in total. The van der Waals surface area contributed by atoms with Crippen molar-refractivity contribution < 1.29 is 9.47 Å². The van der Waals surface area contributed by atoms with Crippen LogP contribution in [0.3, 0.4) is 0 Å². The zero-order chi connectivity index (χ0) is 12.3. The van der Waals surface area contributed by atoms with Gasteiger partial charge < -0.3 is 15.2 Å². The highest BCUT2D eigenvalue weighted by Crippen LogP contribution is 2.39. The number of ether oxygens (including phenoxy) is 2. The third-order valence-corrected chi connectivity index (χ3v) is 3.28. The molecule has 0 radical (unpaired) electrons. The lowest BCUT2D eigenvalue weighted by molar-refractivity contribution is 0.0282. The standard InChI is InChI=1S/C14H21NO2/c1-3-17-14(10-7-8-10)13(15)11-5-4-6-12(9-11)16-2/h4-6,9-10,13-14H,3,7-8,15H2,1-2H3. The Bertz CT molecular complexity index is 363. The lowest BCUT2D eigenvalue weighted by atomic mass is 9.99. The summed E-state index contributed by atoms with van der Waals surface area (Å²) in [5, 5.41) is 0. The van der Waals surface area contributed by atoms with Gasteiger partial charge in [0.2, 0.25) is 0 Å². The SMILES string of the molecule is CCOC(C1CC1)C(N)c1cccc(OC)c1. The van der Waals surface area contributed by atoms with Crippen molar-refractivity contribution in [3.63, 3.8) is 0 Å². The predicted molar refractivity (Wildman–Crippen MR) is 68.1 cm³/mol. The minimum absolute atomic E-state index is 0.0578. The zero-order valence-corrected chi connectivity index (χ0v) is 10.6. The number of hydrogen-bond acceptors (Lipinski definition) is 3. The second kappa shape index (κ2) is 5.52. The average Bonchev–Trinajstić information content (AvgIpc) is 3.19. The summed E-state index contributed by atoms with van der Waals surface area (Å²) in [4.78, 5) is 0. The molecule has 2 unspecified atom stereocenters. The van der Waals surface area contributed by atoms with E-state index in [1.54, 1.807) is 7.11 Å². The lowest BCUT2D eigenvalue weighted by Gasteiger charge is -2.24. The first-order valence-corrected chi connectivity index (χ1v) is 6.27. The summed E-state index contributed by atoms with van der Waals surface area (Å²) >= 11 is 0. The maximum absolute atomic E-state index is 6.31. The van der Waals surface area contributed by atoms with Crippen LogP contribution in [0.1, 0.15) is 31.4 Å². The van der Waals surface area contributed by atoms with Crippen molar-refractivity contribution in [2.45, 2.75) is 31.9 Å². The van der Waals surface area contributed by atoms with Gasteiger partial charge in [-0.3, -0.25) is 0 Å². The number of benzene rings is 1. The normalized spacial score (nSPS) is 18.8. The highest BCUT2D eigenvalue weighted by molar-refractivity contribution is 5.31. The Morgan fingerprint density at radius 3 is 2.76 bits per heavy atom. The van der Waals surface area contributed by atoms with Gasteiger partial charge in [0, 0.05) is 6.61 Å². The van der Waals surface area contributed by atoms with E-state index in [2.05, 4.69) is 0 Å². The molecule has 3 heteroatoms. The zero-order valence-electron chi connectivity index (χ0n) is 10.6. The van der Waals surface area contributed by atoms with E-state index >= 15 is 0 Å². The molecule has 2 rings (SSSR count). The van der Waals surface area contributed by atoms with Gasteiger partial charge in [0.25, 0.3) is 0 Å². The fraction of sp³-hybridized carbons (Fsp3) is 0.571. The third-order valence-electron chi connectivity index (χ3n) is 3.28. The van der Waals surface area contributed by atoms with Gasteiger partial charge in [-0.25, -0.2) is 0 Å². The van der Waals surface area contributed by atoms with Gasteiger partial charge in [0.05, 0.1) is 19.3 Å². The van der Waals surface area contributed by atoms with Gasteiger partial charge >= 0.3 is 0 Å². The van der Waals surface area contributed by atoms with Crippen LogP contribution in [-0.4, -0.2) is 19.8 Å². The highest BCUT2D eigenvalue weighted by Gasteiger charge is 2.36. The van der Waals surface area contributed by atoms with Crippen LogP contribution in [0.5, 0.6) is 5.75 Å². The molecular formula is C14H21NO2. The predicted octanol–water partition coefficient (Wildman–Crippen LogP) is 2.51. The maximum Gasteiger partial charge on any atom is 0.119 e. The van der Waals surface area contributed by atoms with E-state index in [-0.39, 0.29) is 12.1 Å². The van der Waals surface area contributed by atoms with E-state index < -0.39 is 0 Å². The highest BCUT2D eigenvalue weighted by atomic mass is 16.5. The fourth-order valence-corrected chi connectivity index (χ4v) is 2.19. The molecule has 0 spiro atoms. The summed E-state index contributed by atoms with van der Waals surface area (Å²) in [6, 6.07) is 7.89. The van der Waals surface area contributed by atoms with Gasteiger partial charge in [-0.2, -0.15) is 0 Å². The molecule has 1 fully saturated rings. The molecule has 0 heterocycles. The molecule has 1 aliphatic rings. The van der Waals surface area contributed by atoms with Crippen LogP contribution in [-0.2, 0) is 4.74 Å². The second-order valence-corrected chi connectivity index (χ2v) is 4.56. The fourth-order valence-electron chi connectivity index (χ4n) is 2.19. The molecule has 1 aromatic rings. The molecule has 0 aromatic heterocycles. The summed E-state index contributed by atoms with van der Waals surface area (Å²) in [6.45, 7) is 2.74. The Hall–Kier alpha value is -1.06. The monoisotopic (exact) mass is 235 g/mol. The first kappa shape index (κ1) is 12.4. The topological polar surface area (TPSA) is 44.5 Å². The van der Waals surface area contributed by atoms with E-state index in [9.17, 15) is 0 Å². The van der Waals surface area contributed by atoms with Crippen LogP contribution in [0, 0.1) is 5.92 Å². The summed E-state index contributed by atoms with van der Waals surface area (Å²) in [6.07, 6.45) is 2.62. The number of rotatable bonds is 6. The number of methoxy groups -OCH3 is 1. The summed E-state index contributed by atoms with van der Waals surface area (Å²) in [7, 11) is 1.67. The molecule has 17 heavy (non-hydrogen) atoms. The molecule has 0 amide bonds. The van der Waals surface area contributed by atoms with Crippen molar-refractivity contribution in [3.05, 3.63) is 29.8 Å². The quantitative estimate of drug-likeness (QED) is 0.824. The van der Waals surface area contributed by atoms with Crippen LogP contribution in [0.15, 0.2) is 24.3 Å². The van der Waals surface area contributed by atoms with Gasteiger partial charge in [-0.1, -0.05) is 12.1 Å². The first-order chi connectivity index (χ1) is 8.26. The van der Waals surface area contributed by atoms with Crippen LogP contribution in [0.4, 0.5) is 0 Å². The summed E-state index contributed by atoms with van der Waals surface area (Å²) < 4.78 is 11.0. The third kappa shape index (κ3) is 2.99. The van der Waals surface area contributed by atoms with E-state index in [4.69, 9.17) is 15.2 Å². The van der Waals surface area contributed by atoms with Gasteiger partial charge in [0.15, 0.2) is 0 Å². The molecule has 1 aliphatic carbocycles. The molecule has 0 aliphatic heterocycles. The Morgan fingerprint density at radius 2 is 2.18 bits per heavy atom. The molecular weight excluding hydrogens is 214 g/mol. The number of hydrogen-bond donors (Lipinski definition) is 1. The summed E-state index contributed by atoms with van der Waals surface area (Å²) in [5.41, 5.74) is 7.40. The molecule has 0 saturated heterocycles. The van der Waals surface area contributed by atoms with Crippen LogP contribution >= 0.6 is 0 Å². The van der Waals surface area contributed by atoms with Crippen molar-refractivity contribution in [2.75, 3.05) is 13.7 Å². The second-order valence-electron chi connectivity index (χ2n) is 4.56. The van der Waals surface area contributed by atoms with Crippen molar-refractivity contribution in [3.8, 4) is 5.75 Å². The van der Waals surface area contributed by atoms with Crippen molar-refractivity contribution in [2.24, 2.45) is 11.7 Å². The largest absolute Gasteiger partial charge is 0.497 e. The molecule has 3 nitrogen and oxygen atoms in total. The number of nitrogens with two attached hydrogens (primary N) is 1. The van der Waals surface area contributed by atoms with Crippen LogP contribution in [0.2, 0.25) is 0 Å². The first-order valence-electron chi connectivity index (χ1n) is 6.27. The van der Waals surface area contributed by atoms with E-state index in [0.717, 1.165) is 17.9 Å². The van der Waals surface area contributed by atoms with Crippen molar-refractivity contribution in [1.82, 2.24) is 0 Å². The van der Waals surface area contributed by atoms with E-state index in [0.29, 0.717) is 5.92 Å². The van der Waals surface area contributed by atoms with Gasteiger partial charge in [-0.05, 0) is 43.4 Å². The lowest BCUT2D eigenvalue weighted by Crippen LogP contribution is -2.30. The average molecular weight is 235 g/mol. The van der Waals surface area contributed by atoms with E-state index in [1.807, 2.05) is 31.2 Å².